The Bertz CT molecular complexity index is 377. The number of aromatic amines is 1. The number of aromatic nitrogens is 1. The van der Waals surface area contributed by atoms with Gasteiger partial charge in [0.1, 0.15) is 11.5 Å². The summed E-state index contributed by atoms with van der Waals surface area (Å²) in [6, 6.07) is 1.61. The number of halogens is 1. The SMILES string of the molecule is CN1CCC[C@@H]1CNC(=O)c1cc(F)c[nH]1. The third-order valence-corrected chi connectivity index (χ3v) is 3.06. The highest BCUT2D eigenvalue weighted by Crippen LogP contribution is 2.13. The molecule has 0 saturated carbocycles. The van der Waals surface area contributed by atoms with Gasteiger partial charge in [-0.25, -0.2) is 4.39 Å². The van der Waals surface area contributed by atoms with Gasteiger partial charge in [-0.3, -0.25) is 4.79 Å². The average molecular weight is 225 g/mol. The van der Waals surface area contributed by atoms with E-state index in [9.17, 15) is 9.18 Å². The van der Waals surface area contributed by atoms with Crippen LogP contribution in [0.3, 0.4) is 0 Å². The van der Waals surface area contributed by atoms with Crippen molar-refractivity contribution in [2.75, 3.05) is 20.1 Å². The van der Waals surface area contributed by atoms with Crippen molar-refractivity contribution in [1.82, 2.24) is 15.2 Å². The van der Waals surface area contributed by atoms with Crippen molar-refractivity contribution in [2.45, 2.75) is 18.9 Å². The Morgan fingerprint density at radius 3 is 3.12 bits per heavy atom. The van der Waals surface area contributed by atoms with Crippen LogP contribution < -0.4 is 5.32 Å². The second-order valence-corrected chi connectivity index (χ2v) is 4.22. The number of carbonyl (C=O) groups is 1. The Hall–Kier alpha value is -1.36. The van der Waals surface area contributed by atoms with E-state index >= 15 is 0 Å². The molecule has 2 heterocycles. The molecule has 0 bridgehead atoms. The molecule has 1 fully saturated rings. The van der Waals surface area contributed by atoms with Crippen molar-refractivity contribution >= 4 is 5.91 Å². The molecule has 0 aromatic carbocycles. The van der Waals surface area contributed by atoms with Gasteiger partial charge in [-0.05, 0) is 26.4 Å². The van der Waals surface area contributed by atoms with Gasteiger partial charge in [0.05, 0.1) is 0 Å². The molecular formula is C11H16FN3O. The Labute approximate surface area is 93.8 Å². The second-order valence-electron chi connectivity index (χ2n) is 4.22. The minimum atomic E-state index is -0.414. The van der Waals surface area contributed by atoms with Crippen molar-refractivity contribution in [3.63, 3.8) is 0 Å². The van der Waals surface area contributed by atoms with E-state index in [1.807, 2.05) is 0 Å². The van der Waals surface area contributed by atoms with Gasteiger partial charge in [0, 0.05) is 24.8 Å². The topological polar surface area (TPSA) is 48.1 Å². The first-order valence-electron chi connectivity index (χ1n) is 5.49. The minimum Gasteiger partial charge on any atom is -0.355 e. The summed E-state index contributed by atoms with van der Waals surface area (Å²) in [7, 11) is 2.05. The number of nitrogens with zero attached hydrogens (tertiary/aromatic N) is 1. The summed E-state index contributed by atoms with van der Waals surface area (Å²) in [5, 5.41) is 2.81. The van der Waals surface area contributed by atoms with Gasteiger partial charge in [-0.2, -0.15) is 0 Å². The van der Waals surface area contributed by atoms with Gasteiger partial charge in [0.15, 0.2) is 0 Å². The molecule has 5 heteroatoms. The lowest BCUT2D eigenvalue weighted by Gasteiger charge is -2.19. The predicted molar refractivity (Wildman–Crippen MR) is 58.7 cm³/mol. The number of carbonyl (C=O) groups excluding carboxylic acids is 1. The van der Waals surface area contributed by atoms with E-state index in [1.54, 1.807) is 0 Å². The Morgan fingerprint density at radius 1 is 1.75 bits per heavy atom. The molecule has 2 rings (SSSR count). The van der Waals surface area contributed by atoms with Crippen molar-refractivity contribution in [1.29, 1.82) is 0 Å². The van der Waals surface area contributed by atoms with Crippen LogP contribution in [0.4, 0.5) is 4.39 Å². The van der Waals surface area contributed by atoms with Gasteiger partial charge in [-0.15, -0.1) is 0 Å². The molecule has 1 aromatic rings. The molecular weight excluding hydrogens is 209 g/mol. The maximum Gasteiger partial charge on any atom is 0.267 e. The van der Waals surface area contributed by atoms with Crippen LogP contribution in [0.1, 0.15) is 23.3 Å². The largest absolute Gasteiger partial charge is 0.355 e. The lowest BCUT2D eigenvalue weighted by Crippen LogP contribution is -2.38. The van der Waals surface area contributed by atoms with E-state index < -0.39 is 5.82 Å². The number of hydrogen-bond acceptors (Lipinski definition) is 2. The maximum atomic E-state index is 12.7. The van der Waals surface area contributed by atoms with Gasteiger partial charge < -0.3 is 15.2 Å². The fourth-order valence-corrected chi connectivity index (χ4v) is 2.04. The van der Waals surface area contributed by atoms with Crippen LogP contribution in [-0.4, -0.2) is 42.0 Å². The van der Waals surface area contributed by atoms with Crippen LogP contribution in [0, 0.1) is 5.82 Å². The zero-order valence-electron chi connectivity index (χ0n) is 9.29. The van der Waals surface area contributed by atoms with E-state index in [-0.39, 0.29) is 11.6 Å². The van der Waals surface area contributed by atoms with E-state index in [0.717, 1.165) is 13.0 Å². The number of likely N-dealkylation sites (tertiary alicyclic amines) is 1. The van der Waals surface area contributed by atoms with Crippen LogP contribution in [-0.2, 0) is 0 Å². The molecule has 1 aromatic heterocycles. The molecule has 0 radical (unpaired) electrons. The van der Waals surface area contributed by atoms with Crippen LogP contribution in [0.2, 0.25) is 0 Å². The first kappa shape index (κ1) is 11.1. The summed E-state index contributed by atoms with van der Waals surface area (Å²) >= 11 is 0. The van der Waals surface area contributed by atoms with Crippen molar-refractivity contribution < 1.29 is 9.18 Å². The molecule has 1 atom stereocenters. The van der Waals surface area contributed by atoms with Crippen molar-refractivity contribution in [3.8, 4) is 0 Å². The highest BCUT2D eigenvalue weighted by Gasteiger charge is 2.21. The van der Waals surface area contributed by atoms with Gasteiger partial charge >= 0.3 is 0 Å². The number of likely N-dealkylation sites (N-methyl/N-ethyl adjacent to an activating group) is 1. The molecule has 88 valence electrons. The number of amides is 1. The third-order valence-electron chi connectivity index (χ3n) is 3.06. The lowest BCUT2D eigenvalue weighted by atomic mass is 10.2. The third kappa shape index (κ3) is 2.41. The van der Waals surface area contributed by atoms with Gasteiger partial charge in [-0.1, -0.05) is 0 Å². The molecule has 1 aliphatic heterocycles. The lowest BCUT2D eigenvalue weighted by molar-refractivity contribution is 0.0939. The smallest absolute Gasteiger partial charge is 0.267 e. The fraction of sp³-hybridized carbons (Fsp3) is 0.545. The number of rotatable bonds is 3. The van der Waals surface area contributed by atoms with E-state index in [2.05, 4.69) is 22.2 Å². The molecule has 0 spiro atoms. The molecule has 16 heavy (non-hydrogen) atoms. The summed E-state index contributed by atoms with van der Waals surface area (Å²) in [5.41, 5.74) is 0.276. The fourth-order valence-electron chi connectivity index (χ4n) is 2.04. The quantitative estimate of drug-likeness (QED) is 0.805. The summed E-state index contributed by atoms with van der Waals surface area (Å²) in [6.07, 6.45) is 3.46. The van der Waals surface area contributed by atoms with E-state index in [4.69, 9.17) is 0 Å². The maximum absolute atomic E-state index is 12.7. The molecule has 1 aliphatic rings. The molecule has 1 saturated heterocycles. The second kappa shape index (κ2) is 4.65. The first-order valence-corrected chi connectivity index (χ1v) is 5.49. The van der Waals surface area contributed by atoms with Crippen LogP contribution in [0.25, 0.3) is 0 Å². The highest BCUT2D eigenvalue weighted by molar-refractivity contribution is 5.92. The Morgan fingerprint density at radius 2 is 2.56 bits per heavy atom. The van der Waals surface area contributed by atoms with E-state index in [1.165, 1.54) is 18.7 Å². The summed E-state index contributed by atoms with van der Waals surface area (Å²) in [6.45, 7) is 1.70. The minimum absolute atomic E-state index is 0.246. The zero-order chi connectivity index (χ0) is 11.5. The summed E-state index contributed by atoms with van der Waals surface area (Å²) < 4.78 is 12.7. The summed E-state index contributed by atoms with van der Waals surface area (Å²) in [4.78, 5) is 16.4. The van der Waals surface area contributed by atoms with Gasteiger partial charge in [0.25, 0.3) is 5.91 Å². The number of nitrogens with one attached hydrogen (secondary N) is 2. The van der Waals surface area contributed by atoms with Crippen LogP contribution in [0.15, 0.2) is 12.3 Å². The van der Waals surface area contributed by atoms with Crippen molar-refractivity contribution in [3.05, 3.63) is 23.8 Å². The monoisotopic (exact) mass is 225 g/mol. The Kier molecular flexibility index (Phi) is 3.24. The number of hydrogen-bond donors (Lipinski definition) is 2. The van der Waals surface area contributed by atoms with Crippen LogP contribution in [0.5, 0.6) is 0 Å². The first-order chi connectivity index (χ1) is 7.66. The van der Waals surface area contributed by atoms with Gasteiger partial charge in [0.2, 0.25) is 0 Å². The molecule has 2 N–H and O–H groups in total. The molecule has 1 amide bonds. The predicted octanol–water partition coefficient (Wildman–Crippen LogP) is 0.978. The normalized spacial score (nSPS) is 21.2. The standard InChI is InChI=1S/C11H16FN3O/c1-15-4-2-3-9(15)7-14-11(16)10-5-8(12)6-13-10/h5-6,9,13H,2-4,7H2,1H3,(H,14,16)/t9-/m1/s1. The average Bonchev–Trinajstić information content (AvgIpc) is 2.84. The van der Waals surface area contributed by atoms with Crippen molar-refractivity contribution in [2.24, 2.45) is 0 Å². The summed E-state index contributed by atoms with van der Waals surface area (Å²) in [5.74, 6) is -0.660. The number of H-pyrrole nitrogens is 1. The molecule has 4 nitrogen and oxygen atoms in total. The Balaban J connectivity index is 1.84. The highest BCUT2D eigenvalue weighted by atomic mass is 19.1. The molecule has 0 unspecified atom stereocenters. The zero-order valence-corrected chi connectivity index (χ0v) is 9.29. The van der Waals surface area contributed by atoms with Crippen LogP contribution >= 0.6 is 0 Å². The van der Waals surface area contributed by atoms with E-state index in [0.29, 0.717) is 12.6 Å². The molecule has 0 aliphatic carbocycles.